The third kappa shape index (κ3) is 4.52. The Kier molecular flexibility index (Phi) is 6.41. The Labute approximate surface area is 167 Å². The van der Waals surface area contributed by atoms with Gasteiger partial charge in [-0.1, -0.05) is 43.7 Å². The molecule has 0 aliphatic heterocycles. The normalized spacial score (nSPS) is 33.6. The summed E-state index contributed by atoms with van der Waals surface area (Å²) in [6.07, 6.45) is 21.9. The second-order valence-corrected chi connectivity index (χ2v) is 9.88. The van der Waals surface area contributed by atoms with Crippen molar-refractivity contribution in [2.24, 2.45) is 29.6 Å². The van der Waals surface area contributed by atoms with E-state index in [1.807, 2.05) is 0 Å². The van der Waals surface area contributed by atoms with Crippen LogP contribution in [0.2, 0.25) is 0 Å². The van der Waals surface area contributed by atoms with E-state index in [0.717, 1.165) is 29.6 Å². The van der Waals surface area contributed by atoms with Crippen molar-refractivity contribution in [3.63, 3.8) is 0 Å². The van der Waals surface area contributed by atoms with Crippen molar-refractivity contribution in [1.29, 1.82) is 0 Å². The van der Waals surface area contributed by atoms with Crippen LogP contribution in [-0.4, -0.2) is 0 Å². The van der Waals surface area contributed by atoms with Crippen molar-refractivity contribution in [1.82, 2.24) is 0 Å². The van der Waals surface area contributed by atoms with E-state index in [9.17, 15) is 0 Å². The molecule has 2 saturated carbocycles. The van der Waals surface area contributed by atoms with Crippen LogP contribution in [0.3, 0.4) is 0 Å². The number of benzene rings is 1. The number of rotatable bonds is 5. The lowest BCUT2D eigenvalue weighted by molar-refractivity contribution is 0.0699. The van der Waals surface area contributed by atoms with Crippen LogP contribution in [0.25, 0.3) is 0 Å². The zero-order valence-electron chi connectivity index (χ0n) is 17.8. The minimum absolute atomic E-state index is 0.971. The maximum Gasteiger partial charge on any atom is -0.0245 e. The van der Waals surface area contributed by atoms with E-state index in [1.54, 1.807) is 24.0 Å². The third-order valence-electron chi connectivity index (χ3n) is 8.35. The van der Waals surface area contributed by atoms with Gasteiger partial charge in [-0.05, 0) is 124 Å². The SMILES string of the molecule is C/C=C/CCC1CCC2CC(C3CCc4cc(CC)ccc4C3)CCC2C1. The third-order valence-corrected chi connectivity index (χ3v) is 8.35. The van der Waals surface area contributed by atoms with Gasteiger partial charge in [-0.15, -0.1) is 0 Å². The van der Waals surface area contributed by atoms with Crippen LogP contribution >= 0.6 is 0 Å². The molecule has 0 heteroatoms. The largest absolute Gasteiger partial charge is 0.0917 e. The maximum atomic E-state index is 2.50. The van der Waals surface area contributed by atoms with E-state index in [2.05, 4.69) is 44.2 Å². The molecule has 1 aromatic carbocycles. The molecular formula is C27H40. The van der Waals surface area contributed by atoms with Crippen molar-refractivity contribution >= 4 is 0 Å². The average Bonchev–Trinajstić information content (AvgIpc) is 2.72. The van der Waals surface area contributed by atoms with Gasteiger partial charge in [0, 0.05) is 0 Å². The molecular weight excluding hydrogens is 324 g/mol. The van der Waals surface area contributed by atoms with Gasteiger partial charge in [0.25, 0.3) is 0 Å². The fourth-order valence-electron chi connectivity index (χ4n) is 6.67. The maximum absolute atomic E-state index is 2.50. The van der Waals surface area contributed by atoms with Gasteiger partial charge in [-0.25, -0.2) is 0 Å². The van der Waals surface area contributed by atoms with Crippen molar-refractivity contribution in [3.8, 4) is 0 Å². The van der Waals surface area contributed by atoms with Gasteiger partial charge in [0.05, 0.1) is 0 Å². The first-order valence-electron chi connectivity index (χ1n) is 12.0. The van der Waals surface area contributed by atoms with Gasteiger partial charge < -0.3 is 0 Å². The number of aryl methyl sites for hydroxylation is 2. The van der Waals surface area contributed by atoms with Crippen LogP contribution in [0.4, 0.5) is 0 Å². The van der Waals surface area contributed by atoms with Gasteiger partial charge in [0.15, 0.2) is 0 Å². The average molecular weight is 365 g/mol. The van der Waals surface area contributed by atoms with Crippen molar-refractivity contribution < 1.29 is 0 Å². The number of hydrogen-bond donors (Lipinski definition) is 0. The van der Waals surface area contributed by atoms with E-state index in [0.29, 0.717) is 0 Å². The van der Waals surface area contributed by atoms with E-state index in [4.69, 9.17) is 0 Å². The van der Waals surface area contributed by atoms with Crippen LogP contribution in [0, 0.1) is 29.6 Å². The minimum atomic E-state index is 0.971. The van der Waals surface area contributed by atoms with E-state index in [1.165, 1.54) is 69.8 Å². The second kappa shape index (κ2) is 8.97. The molecule has 148 valence electrons. The summed E-state index contributed by atoms with van der Waals surface area (Å²) in [6, 6.07) is 7.34. The molecule has 0 N–H and O–H groups in total. The van der Waals surface area contributed by atoms with Crippen LogP contribution in [-0.2, 0) is 19.3 Å². The quantitative estimate of drug-likeness (QED) is 0.473. The lowest BCUT2D eigenvalue weighted by Crippen LogP contribution is -2.35. The fraction of sp³-hybridized carbons (Fsp3) is 0.704. The number of hydrogen-bond acceptors (Lipinski definition) is 0. The molecule has 2 fully saturated rings. The molecule has 0 bridgehead atoms. The lowest BCUT2D eigenvalue weighted by Gasteiger charge is -2.45. The summed E-state index contributed by atoms with van der Waals surface area (Å²) in [4.78, 5) is 0. The molecule has 5 unspecified atom stereocenters. The van der Waals surface area contributed by atoms with Crippen molar-refractivity contribution in [2.45, 2.75) is 90.9 Å². The van der Waals surface area contributed by atoms with Crippen molar-refractivity contribution in [2.75, 3.05) is 0 Å². The summed E-state index contributed by atoms with van der Waals surface area (Å²) in [5, 5.41) is 0. The molecule has 3 aliphatic carbocycles. The predicted octanol–water partition coefficient (Wildman–Crippen LogP) is 7.54. The number of allylic oxidation sites excluding steroid dienone is 2. The molecule has 3 aliphatic rings. The second-order valence-electron chi connectivity index (χ2n) is 9.88. The zero-order chi connectivity index (χ0) is 18.6. The van der Waals surface area contributed by atoms with Gasteiger partial charge in [0.2, 0.25) is 0 Å². The van der Waals surface area contributed by atoms with E-state index >= 15 is 0 Å². The molecule has 5 atom stereocenters. The van der Waals surface area contributed by atoms with Gasteiger partial charge in [-0.3, -0.25) is 0 Å². The molecule has 0 nitrogen and oxygen atoms in total. The molecule has 4 rings (SSSR count). The van der Waals surface area contributed by atoms with Crippen LogP contribution < -0.4 is 0 Å². The first-order chi connectivity index (χ1) is 13.3. The highest BCUT2D eigenvalue weighted by Gasteiger charge is 2.38. The Hall–Kier alpha value is -1.04. The molecule has 0 saturated heterocycles. The van der Waals surface area contributed by atoms with Gasteiger partial charge >= 0.3 is 0 Å². The molecule has 0 spiro atoms. The highest BCUT2D eigenvalue weighted by Crippen LogP contribution is 2.49. The monoisotopic (exact) mass is 364 g/mol. The standard InChI is InChI=1S/C27H40/c1-3-5-6-7-21-9-11-25-19-27(15-13-23(25)17-21)26-14-12-22-16-20(4-2)8-10-24(22)18-26/h3,5,8,10,16,21,23,25-27H,4,6-7,9,11-15,17-19H2,1-2H3/b5-3+. The van der Waals surface area contributed by atoms with Gasteiger partial charge in [0.1, 0.15) is 0 Å². The Bertz CT molecular complexity index is 639. The Morgan fingerprint density at radius 1 is 0.889 bits per heavy atom. The molecule has 1 aromatic rings. The Morgan fingerprint density at radius 3 is 2.48 bits per heavy atom. The molecule has 0 amide bonds. The predicted molar refractivity (Wildman–Crippen MR) is 117 cm³/mol. The number of fused-ring (bicyclic) bond motifs is 2. The van der Waals surface area contributed by atoms with Crippen LogP contribution in [0.15, 0.2) is 30.4 Å². The highest BCUT2D eigenvalue weighted by molar-refractivity contribution is 5.34. The Balaban J connectivity index is 1.31. The summed E-state index contributed by atoms with van der Waals surface area (Å²) in [6.45, 7) is 4.44. The van der Waals surface area contributed by atoms with Gasteiger partial charge in [-0.2, -0.15) is 0 Å². The molecule has 0 radical (unpaired) electrons. The summed E-state index contributed by atoms with van der Waals surface area (Å²) in [5.74, 6) is 5.13. The summed E-state index contributed by atoms with van der Waals surface area (Å²) in [5.41, 5.74) is 4.87. The topological polar surface area (TPSA) is 0 Å². The van der Waals surface area contributed by atoms with Crippen molar-refractivity contribution in [3.05, 3.63) is 47.0 Å². The molecule has 0 heterocycles. The minimum Gasteiger partial charge on any atom is -0.0917 e. The Morgan fingerprint density at radius 2 is 1.67 bits per heavy atom. The fourth-order valence-corrected chi connectivity index (χ4v) is 6.67. The summed E-state index contributed by atoms with van der Waals surface area (Å²) < 4.78 is 0. The molecule has 27 heavy (non-hydrogen) atoms. The first kappa shape index (κ1) is 19.3. The highest BCUT2D eigenvalue weighted by atomic mass is 14.4. The summed E-state index contributed by atoms with van der Waals surface area (Å²) >= 11 is 0. The molecule has 0 aromatic heterocycles. The summed E-state index contributed by atoms with van der Waals surface area (Å²) in [7, 11) is 0. The van der Waals surface area contributed by atoms with E-state index in [-0.39, 0.29) is 0 Å². The van der Waals surface area contributed by atoms with Crippen LogP contribution in [0.5, 0.6) is 0 Å². The first-order valence-corrected chi connectivity index (χ1v) is 12.0. The van der Waals surface area contributed by atoms with Crippen LogP contribution in [0.1, 0.15) is 88.3 Å². The zero-order valence-corrected chi connectivity index (χ0v) is 17.8. The lowest BCUT2D eigenvalue weighted by atomic mass is 9.61. The van der Waals surface area contributed by atoms with E-state index < -0.39 is 0 Å². The smallest absolute Gasteiger partial charge is 0.0245 e.